The lowest BCUT2D eigenvalue weighted by molar-refractivity contribution is -0.400. The van der Waals surface area contributed by atoms with Crippen LogP contribution in [-0.4, -0.2) is 9.91 Å². The van der Waals surface area contributed by atoms with Crippen molar-refractivity contribution in [1.29, 1.82) is 0 Å². The van der Waals surface area contributed by atoms with Gasteiger partial charge in [0.1, 0.15) is 0 Å². The summed E-state index contributed by atoms with van der Waals surface area (Å²) in [6, 6.07) is 1.79. The Morgan fingerprint density at radius 3 is 3.00 bits per heavy atom. The molecule has 0 aliphatic carbocycles. The van der Waals surface area contributed by atoms with E-state index in [4.69, 9.17) is 0 Å². The number of pyridine rings is 1. The number of hydrogen-bond acceptors (Lipinski definition) is 3. The van der Waals surface area contributed by atoms with E-state index in [9.17, 15) is 10.1 Å². The quantitative estimate of drug-likeness (QED) is 0.471. The molecule has 0 N–H and O–H groups in total. The minimum absolute atomic E-state index is 0.497. The van der Waals surface area contributed by atoms with Gasteiger partial charge in [0.15, 0.2) is 0 Å². The third kappa shape index (κ3) is 2.57. The molecule has 0 aliphatic rings. The molecule has 4 nitrogen and oxygen atoms in total. The molecule has 0 atom stereocenters. The van der Waals surface area contributed by atoms with Crippen molar-refractivity contribution in [3.63, 3.8) is 0 Å². The second kappa shape index (κ2) is 4.15. The molecule has 1 aromatic heterocycles. The third-order valence-electron chi connectivity index (χ3n) is 1.17. The first-order valence-electron chi connectivity index (χ1n) is 3.11. The van der Waals surface area contributed by atoms with Crippen LogP contribution in [0, 0.1) is 13.7 Å². The number of rotatable bonds is 2. The average Bonchev–Trinajstić information content (AvgIpc) is 2.03. The fourth-order valence-electron chi connectivity index (χ4n) is 0.653. The largest absolute Gasteiger partial charge is 0.264 e. The van der Waals surface area contributed by atoms with Gasteiger partial charge in [0, 0.05) is 27.6 Å². The number of aromatic nitrogens is 1. The summed E-state index contributed by atoms with van der Waals surface area (Å²) in [7, 11) is 0. The van der Waals surface area contributed by atoms with Gasteiger partial charge in [-0.1, -0.05) is 0 Å². The van der Waals surface area contributed by atoms with Crippen molar-refractivity contribution in [2.24, 2.45) is 0 Å². The van der Waals surface area contributed by atoms with E-state index in [0.717, 1.165) is 15.3 Å². The molecule has 1 heterocycles. The topological polar surface area (TPSA) is 56.0 Å². The summed E-state index contributed by atoms with van der Waals surface area (Å²) in [6.07, 6.45) is 5.56. The zero-order chi connectivity index (χ0) is 8.97. The van der Waals surface area contributed by atoms with E-state index in [1.165, 1.54) is 6.08 Å². The van der Waals surface area contributed by atoms with Gasteiger partial charge in [-0.2, -0.15) is 0 Å². The first-order valence-corrected chi connectivity index (χ1v) is 4.19. The van der Waals surface area contributed by atoms with E-state index in [1.807, 2.05) is 0 Å². The molecule has 0 saturated carbocycles. The number of nitrogens with zero attached hydrogens (tertiary/aromatic N) is 2. The molecular weight excluding hydrogens is 271 g/mol. The number of halogens is 1. The first-order chi connectivity index (χ1) is 5.70. The van der Waals surface area contributed by atoms with Gasteiger partial charge in [0.25, 0.3) is 0 Å². The van der Waals surface area contributed by atoms with Gasteiger partial charge in [0.2, 0.25) is 6.20 Å². The van der Waals surface area contributed by atoms with Gasteiger partial charge in [-0.05, 0) is 28.7 Å². The molecule has 0 unspecified atom stereocenters. The summed E-state index contributed by atoms with van der Waals surface area (Å²) in [5.74, 6) is 0. The van der Waals surface area contributed by atoms with Crippen LogP contribution < -0.4 is 0 Å². The maximum atomic E-state index is 9.98. The highest BCUT2D eigenvalue weighted by Crippen LogP contribution is 2.10. The Hall–Kier alpha value is -0.980. The summed E-state index contributed by atoms with van der Waals surface area (Å²) in [5.41, 5.74) is 0.759. The van der Waals surface area contributed by atoms with Crippen LogP contribution in [0.2, 0.25) is 0 Å². The van der Waals surface area contributed by atoms with Crippen molar-refractivity contribution in [2.45, 2.75) is 0 Å². The Balaban J connectivity index is 2.89. The highest BCUT2D eigenvalue weighted by molar-refractivity contribution is 14.1. The molecule has 62 valence electrons. The summed E-state index contributed by atoms with van der Waals surface area (Å²) in [4.78, 5) is 13.3. The maximum Gasteiger partial charge on any atom is 0.235 e. The molecule has 0 amide bonds. The Kier molecular flexibility index (Phi) is 3.15. The van der Waals surface area contributed by atoms with Crippen LogP contribution in [0.15, 0.2) is 24.7 Å². The van der Waals surface area contributed by atoms with Crippen LogP contribution in [0.25, 0.3) is 6.08 Å². The van der Waals surface area contributed by atoms with E-state index in [-0.39, 0.29) is 0 Å². The summed E-state index contributed by atoms with van der Waals surface area (Å²) in [5, 5.41) is 9.98. The Labute approximate surface area is 82.6 Å². The smallest absolute Gasteiger partial charge is 0.235 e. The van der Waals surface area contributed by atoms with Crippen molar-refractivity contribution >= 4 is 28.7 Å². The second-order valence-corrected chi connectivity index (χ2v) is 3.16. The first kappa shape index (κ1) is 9.11. The zero-order valence-electron chi connectivity index (χ0n) is 5.98. The van der Waals surface area contributed by atoms with Crippen molar-refractivity contribution < 1.29 is 4.92 Å². The highest BCUT2D eigenvalue weighted by atomic mass is 127. The molecule has 0 radical (unpaired) electrons. The van der Waals surface area contributed by atoms with E-state index in [0.29, 0.717) is 0 Å². The van der Waals surface area contributed by atoms with Crippen molar-refractivity contribution in [3.8, 4) is 0 Å². The zero-order valence-corrected chi connectivity index (χ0v) is 8.13. The molecule has 0 aliphatic heterocycles. The second-order valence-electron chi connectivity index (χ2n) is 2.00. The molecule has 1 aromatic rings. The standard InChI is InChI=1S/C7H5IN2O2/c8-7-1-3-9-5-6(7)2-4-10(11)12/h1-5H. The highest BCUT2D eigenvalue weighted by Gasteiger charge is 1.95. The van der Waals surface area contributed by atoms with E-state index in [1.54, 1.807) is 18.5 Å². The fourth-order valence-corrected chi connectivity index (χ4v) is 1.13. The molecule has 0 bridgehead atoms. The van der Waals surface area contributed by atoms with Gasteiger partial charge in [-0.25, -0.2) is 0 Å². The minimum Gasteiger partial charge on any atom is -0.264 e. The molecule has 1 rings (SSSR count). The van der Waals surface area contributed by atoms with Gasteiger partial charge >= 0.3 is 0 Å². The van der Waals surface area contributed by atoms with E-state index >= 15 is 0 Å². The van der Waals surface area contributed by atoms with Crippen molar-refractivity contribution in [1.82, 2.24) is 4.98 Å². The van der Waals surface area contributed by atoms with Crippen molar-refractivity contribution in [3.05, 3.63) is 43.9 Å². The predicted octanol–water partition coefficient (Wildman–Crippen LogP) is 1.93. The minimum atomic E-state index is -0.497. The lowest BCUT2D eigenvalue weighted by atomic mass is 10.3. The SMILES string of the molecule is O=[N+]([O-])C=Cc1cnccc1I. The van der Waals surface area contributed by atoms with Crippen LogP contribution in [0.3, 0.4) is 0 Å². The Morgan fingerprint density at radius 1 is 1.67 bits per heavy atom. The number of nitro groups is 1. The molecule has 0 fully saturated rings. The normalized spacial score (nSPS) is 10.4. The van der Waals surface area contributed by atoms with E-state index < -0.39 is 4.92 Å². The van der Waals surface area contributed by atoms with Crippen LogP contribution in [0.5, 0.6) is 0 Å². The predicted molar refractivity (Wildman–Crippen MR) is 53.0 cm³/mol. The summed E-state index contributed by atoms with van der Waals surface area (Å²) in [6.45, 7) is 0. The lowest BCUT2D eigenvalue weighted by Gasteiger charge is -1.92. The summed E-state index contributed by atoms with van der Waals surface area (Å²) < 4.78 is 0.945. The monoisotopic (exact) mass is 276 g/mol. The van der Waals surface area contributed by atoms with Gasteiger partial charge in [-0.15, -0.1) is 0 Å². The average molecular weight is 276 g/mol. The lowest BCUT2D eigenvalue weighted by Crippen LogP contribution is -1.85. The van der Waals surface area contributed by atoms with Gasteiger partial charge in [0.05, 0.1) is 4.92 Å². The number of hydrogen-bond donors (Lipinski definition) is 0. The van der Waals surface area contributed by atoms with E-state index in [2.05, 4.69) is 27.6 Å². The molecule has 12 heavy (non-hydrogen) atoms. The molecule has 0 aromatic carbocycles. The van der Waals surface area contributed by atoms with Crippen LogP contribution >= 0.6 is 22.6 Å². The van der Waals surface area contributed by atoms with Crippen LogP contribution in [-0.2, 0) is 0 Å². The molecular formula is C7H5IN2O2. The van der Waals surface area contributed by atoms with Crippen LogP contribution in [0.1, 0.15) is 5.56 Å². The molecule has 0 saturated heterocycles. The van der Waals surface area contributed by atoms with Gasteiger partial charge < -0.3 is 0 Å². The van der Waals surface area contributed by atoms with Crippen molar-refractivity contribution in [2.75, 3.05) is 0 Å². The Bertz CT molecular complexity index is 325. The Morgan fingerprint density at radius 2 is 2.42 bits per heavy atom. The fraction of sp³-hybridized carbons (Fsp3) is 0. The molecule has 0 spiro atoms. The maximum absolute atomic E-state index is 9.98. The van der Waals surface area contributed by atoms with Gasteiger partial charge in [-0.3, -0.25) is 15.1 Å². The third-order valence-corrected chi connectivity index (χ3v) is 2.15. The molecule has 5 heteroatoms. The van der Waals surface area contributed by atoms with Crippen LogP contribution in [0.4, 0.5) is 0 Å². The summed E-state index contributed by atoms with van der Waals surface area (Å²) >= 11 is 2.09.